The van der Waals surface area contributed by atoms with Crippen LogP contribution in [0.25, 0.3) is 11.7 Å². The van der Waals surface area contributed by atoms with Crippen molar-refractivity contribution in [2.24, 2.45) is 0 Å². The number of benzene rings is 1. The smallest absolute Gasteiger partial charge is 0.267 e. The highest BCUT2D eigenvalue weighted by Gasteiger charge is 2.33. The molecule has 0 saturated carbocycles. The molecule has 2 aromatic heterocycles. The number of hydrogen-bond donors (Lipinski definition) is 0. The Kier molecular flexibility index (Phi) is 6.73. The maximum atomic E-state index is 13.7. The summed E-state index contributed by atoms with van der Waals surface area (Å²) in [5.41, 5.74) is 2.97. The van der Waals surface area contributed by atoms with Crippen LogP contribution in [0.3, 0.4) is 0 Å². The molecule has 0 unspecified atom stereocenters. The van der Waals surface area contributed by atoms with Gasteiger partial charge < -0.3 is 9.80 Å². The Bertz CT molecular complexity index is 1380. The minimum absolute atomic E-state index is 0.158. The van der Waals surface area contributed by atoms with Gasteiger partial charge in [-0.2, -0.15) is 0 Å². The third-order valence-corrected chi connectivity index (χ3v) is 7.86. The molecule has 180 valence electrons. The van der Waals surface area contributed by atoms with Gasteiger partial charge in [0.1, 0.15) is 15.8 Å². The van der Waals surface area contributed by atoms with E-state index in [9.17, 15) is 9.59 Å². The van der Waals surface area contributed by atoms with E-state index in [-0.39, 0.29) is 11.5 Å². The second-order valence-electron chi connectivity index (χ2n) is 8.90. The van der Waals surface area contributed by atoms with Crippen LogP contribution in [-0.4, -0.2) is 69.2 Å². The van der Waals surface area contributed by atoms with Crippen molar-refractivity contribution in [2.45, 2.75) is 13.3 Å². The van der Waals surface area contributed by atoms with Gasteiger partial charge in [-0.05, 0) is 43.7 Å². The van der Waals surface area contributed by atoms with Crippen molar-refractivity contribution in [2.75, 3.05) is 44.7 Å². The summed E-state index contributed by atoms with van der Waals surface area (Å²) < 4.78 is 2.08. The summed E-state index contributed by atoms with van der Waals surface area (Å²) in [4.78, 5) is 38.4. The van der Waals surface area contributed by atoms with E-state index in [0.29, 0.717) is 39.2 Å². The molecule has 4 heterocycles. The van der Waals surface area contributed by atoms with E-state index >= 15 is 0 Å². The highest BCUT2D eigenvalue weighted by Crippen LogP contribution is 2.34. The molecule has 0 aliphatic carbocycles. The number of rotatable bonds is 5. The van der Waals surface area contributed by atoms with Crippen molar-refractivity contribution < 1.29 is 4.79 Å². The van der Waals surface area contributed by atoms with Gasteiger partial charge in [-0.25, -0.2) is 4.98 Å². The van der Waals surface area contributed by atoms with E-state index in [4.69, 9.17) is 17.2 Å². The van der Waals surface area contributed by atoms with Crippen LogP contribution in [0.5, 0.6) is 0 Å². The van der Waals surface area contributed by atoms with E-state index in [1.54, 1.807) is 21.6 Å². The summed E-state index contributed by atoms with van der Waals surface area (Å²) in [6.45, 7) is 5.76. The number of thioether (sulfide) groups is 1. The molecule has 7 nitrogen and oxygen atoms in total. The molecule has 5 rings (SSSR count). The Balaban J connectivity index is 1.52. The molecule has 1 aromatic carbocycles. The number of amides is 1. The molecule has 2 saturated heterocycles. The van der Waals surface area contributed by atoms with Crippen molar-refractivity contribution in [3.8, 4) is 0 Å². The molecule has 2 aliphatic rings. The van der Waals surface area contributed by atoms with Gasteiger partial charge in [-0.3, -0.25) is 18.9 Å². The van der Waals surface area contributed by atoms with Crippen LogP contribution in [-0.2, 0) is 11.2 Å². The highest BCUT2D eigenvalue weighted by atomic mass is 32.2. The lowest BCUT2D eigenvalue weighted by Crippen LogP contribution is -2.45. The van der Waals surface area contributed by atoms with Crippen molar-refractivity contribution >= 4 is 51.7 Å². The number of carbonyl (C=O) groups excluding carboxylic acids is 1. The van der Waals surface area contributed by atoms with Crippen LogP contribution >= 0.6 is 24.0 Å². The SMILES string of the molecule is Cc1cccn2c(=O)c(C=C3SC(=S)N(CCc4ccccc4)C3=O)c(N3CCN(C)CC3)nc12. The third kappa shape index (κ3) is 4.76. The zero-order valence-corrected chi connectivity index (χ0v) is 21.4. The Morgan fingerprint density at radius 3 is 2.54 bits per heavy atom. The Labute approximate surface area is 214 Å². The second kappa shape index (κ2) is 9.93. The molecule has 0 atom stereocenters. The molecule has 35 heavy (non-hydrogen) atoms. The number of anilines is 1. The van der Waals surface area contributed by atoms with E-state index in [2.05, 4.69) is 16.8 Å². The van der Waals surface area contributed by atoms with E-state index < -0.39 is 0 Å². The van der Waals surface area contributed by atoms with Crippen molar-refractivity contribution in [1.82, 2.24) is 19.2 Å². The van der Waals surface area contributed by atoms with Crippen LogP contribution in [0.15, 0.2) is 58.4 Å². The fourth-order valence-electron chi connectivity index (χ4n) is 4.40. The summed E-state index contributed by atoms with van der Waals surface area (Å²) in [5.74, 6) is 0.473. The largest absolute Gasteiger partial charge is 0.353 e. The predicted octanol–water partition coefficient (Wildman–Crippen LogP) is 3.20. The van der Waals surface area contributed by atoms with E-state index in [1.165, 1.54) is 11.8 Å². The normalized spacial score (nSPS) is 18.3. The fourth-order valence-corrected chi connectivity index (χ4v) is 5.69. The lowest BCUT2D eigenvalue weighted by atomic mass is 10.1. The third-order valence-electron chi connectivity index (χ3n) is 6.48. The number of carbonyl (C=O) groups is 1. The number of nitrogens with zero attached hydrogens (tertiary/aromatic N) is 5. The molecular weight excluding hydrogens is 478 g/mol. The van der Waals surface area contributed by atoms with Crippen LogP contribution in [0.2, 0.25) is 0 Å². The number of aryl methyl sites for hydroxylation is 1. The standard InChI is InChI=1S/C26H27N5O2S2/c1-18-7-6-11-30-22(18)27-23(29-15-13-28(2)14-16-29)20(24(30)32)17-21-25(33)31(26(34)35-21)12-10-19-8-4-3-5-9-19/h3-9,11,17H,10,12-16H2,1-2H3. The van der Waals surface area contributed by atoms with Gasteiger partial charge in [-0.1, -0.05) is 60.4 Å². The molecule has 0 bridgehead atoms. The molecule has 2 aliphatic heterocycles. The first-order chi connectivity index (χ1) is 16.9. The minimum atomic E-state index is -0.179. The van der Waals surface area contributed by atoms with Gasteiger partial charge in [0.05, 0.1) is 10.5 Å². The summed E-state index contributed by atoms with van der Waals surface area (Å²) >= 11 is 6.79. The lowest BCUT2D eigenvalue weighted by molar-refractivity contribution is -0.122. The van der Waals surface area contributed by atoms with Gasteiger partial charge >= 0.3 is 0 Å². The van der Waals surface area contributed by atoms with Crippen molar-refractivity contribution in [1.29, 1.82) is 0 Å². The van der Waals surface area contributed by atoms with Crippen LogP contribution in [0, 0.1) is 6.92 Å². The maximum absolute atomic E-state index is 13.7. The van der Waals surface area contributed by atoms with E-state index in [1.807, 2.05) is 49.4 Å². The summed E-state index contributed by atoms with van der Waals surface area (Å²) in [7, 11) is 2.09. The van der Waals surface area contributed by atoms with E-state index in [0.717, 1.165) is 37.3 Å². The van der Waals surface area contributed by atoms with Gasteiger partial charge in [0.2, 0.25) is 0 Å². The van der Waals surface area contributed by atoms with Gasteiger partial charge in [0.15, 0.2) is 0 Å². The Morgan fingerprint density at radius 1 is 1.06 bits per heavy atom. The molecule has 0 spiro atoms. The maximum Gasteiger partial charge on any atom is 0.267 e. The monoisotopic (exact) mass is 505 g/mol. The lowest BCUT2D eigenvalue weighted by Gasteiger charge is -2.34. The first-order valence-corrected chi connectivity index (χ1v) is 12.9. The summed E-state index contributed by atoms with van der Waals surface area (Å²) in [5, 5.41) is 0. The number of pyridine rings is 1. The number of hydrogen-bond acceptors (Lipinski definition) is 7. The summed E-state index contributed by atoms with van der Waals surface area (Å²) in [6, 6.07) is 13.8. The topological polar surface area (TPSA) is 61.2 Å². The average molecular weight is 506 g/mol. The van der Waals surface area contributed by atoms with Crippen LogP contribution in [0.1, 0.15) is 16.7 Å². The number of thiocarbonyl (C=S) groups is 1. The zero-order valence-electron chi connectivity index (χ0n) is 19.8. The molecular formula is C26H27N5O2S2. The number of aromatic nitrogens is 2. The van der Waals surface area contributed by atoms with Gasteiger partial charge in [0.25, 0.3) is 11.5 Å². The van der Waals surface area contributed by atoms with Crippen molar-refractivity contribution in [3.05, 3.63) is 80.6 Å². The zero-order chi connectivity index (χ0) is 24.5. The van der Waals surface area contributed by atoms with Crippen LogP contribution < -0.4 is 10.5 Å². The first-order valence-electron chi connectivity index (χ1n) is 11.7. The number of likely N-dealkylation sites (N-methyl/N-ethyl adjacent to an activating group) is 1. The Hall–Kier alpha value is -3.01. The molecule has 2 fully saturated rings. The molecule has 1 amide bonds. The molecule has 3 aromatic rings. The minimum Gasteiger partial charge on any atom is -0.353 e. The van der Waals surface area contributed by atoms with Crippen molar-refractivity contribution in [3.63, 3.8) is 0 Å². The number of fused-ring (bicyclic) bond motifs is 1. The summed E-state index contributed by atoms with van der Waals surface area (Å²) in [6.07, 6.45) is 4.14. The molecule has 0 N–H and O–H groups in total. The fraction of sp³-hybridized carbons (Fsp3) is 0.308. The second-order valence-corrected chi connectivity index (χ2v) is 10.6. The molecule has 9 heteroatoms. The van der Waals surface area contributed by atoms with Gasteiger partial charge in [0, 0.05) is 38.9 Å². The number of piperazine rings is 1. The highest BCUT2D eigenvalue weighted by molar-refractivity contribution is 8.26. The van der Waals surface area contributed by atoms with Crippen LogP contribution in [0.4, 0.5) is 5.82 Å². The van der Waals surface area contributed by atoms with Gasteiger partial charge in [-0.15, -0.1) is 0 Å². The predicted molar refractivity (Wildman–Crippen MR) is 146 cm³/mol. The Morgan fingerprint density at radius 2 is 1.80 bits per heavy atom. The average Bonchev–Trinajstić information content (AvgIpc) is 3.13. The molecule has 0 radical (unpaired) electrons. The quantitative estimate of drug-likeness (QED) is 0.390. The first kappa shape index (κ1) is 23.7.